The van der Waals surface area contributed by atoms with Gasteiger partial charge in [0.25, 0.3) is 0 Å². The van der Waals surface area contributed by atoms with Crippen molar-refractivity contribution in [3.8, 4) is 0 Å². The van der Waals surface area contributed by atoms with E-state index < -0.39 is 27.0 Å². The molecule has 2 rings (SSSR count). The van der Waals surface area contributed by atoms with E-state index in [-0.39, 0.29) is 0 Å². The van der Waals surface area contributed by atoms with E-state index in [4.69, 9.17) is 5.73 Å². The summed E-state index contributed by atoms with van der Waals surface area (Å²) in [6.45, 7) is 6.90. The van der Waals surface area contributed by atoms with Crippen LogP contribution in [0.3, 0.4) is 0 Å². The van der Waals surface area contributed by atoms with Crippen LogP contribution in [0, 0.1) is 0 Å². The Morgan fingerprint density at radius 2 is 1.72 bits per heavy atom. The van der Waals surface area contributed by atoms with Crippen LogP contribution in [0.4, 0.5) is 0 Å². The molecule has 6 heteroatoms. The normalized spacial score (nSPS) is 12.1. The van der Waals surface area contributed by atoms with Crippen LogP contribution in [-0.2, 0) is 0 Å². The van der Waals surface area contributed by atoms with Crippen LogP contribution < -0.4 is 9.44 Å². The first-order valence-corrected chi connectivity index (χ1v) is 13.3. The van der Waals surface area contributed by atoms with E-state index in [1.807, 2.05) is 6.33 Å². The van der Waals surface area contributed by atoms with Gasteiger partial charge < -0.3 is 0 Å². The second-order valence-electron chi connectivity index (χ2n) is 6.97. The molecule has 2 aromatic heterocycles. The summed E-state index contributed by atoms with van der Waals surface area (Å²) in [4.78, 5) is 16.7. The van der Waals surface area contributed by atoms with E-state index >= 15 is 0 Å². The van der Waals surface area contributed by atoms with Crippen LogP contribution >= 0.6 is 11.3 Å². The van der Waals surface area contributed by atoms with Crippen molar-refractivity contribution in [2.45, 2.75) is 82.0 Å². The van der Waals surface area contributed by atoms with E-state index in [1.54, 1.807) is 11.3 Å². The number of carbonyl (C=O) groups is 1. The van der Waals surface area contributed by atoms with Crippen molar-refractivity contribution in [1.29, 1.82) is 0 Å². The molecule has 2 heterocycles. The average molecular weight is 468 g/mol. The van der Waals surface area contributed by atoms with Gasteiger partial charge in [0.15, 0.2) is 0 Å². The summed E-state index contributed by atoms with van der Waals surface area (Å²) in [5.41, 5.74) is 5.89. The molecule has 0 bridgehead atoms. The molecule has 0 unspecified atom stereocenters. The van der Waals surface area contributed by atoms with Gasteiger partial charge in [-0.25, -0.2) is 0 Å². The van der Waals surface area contributed by atoms with Crippen molar-refractivity contribution in [2.24, 2.45) is 5.73 Å². The topological polar surface area (TPSA) is 60.4 Å². The number of rotatable bonds is 12. The molecule has 0 fully saturated rings. The molecular formula is C19H31N3OSSn. The third kappa shape index (κ3) is 5.22. The number of amides is 1. The molecule has 2 N–H and O–H groups in total. The monoisotopic (exact) mass is 469 g/mol. The van der Waals surface area contributed by atoms with Gasteiger partial charge in [-0.05, 0) is 0 Å². The fourth-order valence-electron chi connectivity index (χ4n) is 3.43. The molecule has 2 radical (unpaired) electrons. The van der Waals surface area contributed by atoms with Gasteiger partial charge in [-0.2, -0.15) is 0 Å². The van der Waals surface area contributed by atoms with Crippen LogP contribution in [0.1, 0.15) is 89.0 Å². The number of fused-ring (bicyclic) bond motifs is 1. The summed E-state index contributed by atoms with van der Waals surface area (Å²) in [5.74, 6) is -0.421. The van der Waals surface area contributed by atoms with Gasteiger partial charge in [0.05, 0.1) is 0 Å². The Labute approximate surface area is 165 Å². The van der Waals surface area contributed by atoms with E-state index in [0.29, 0.717) is 9.12 Å². The van der Waals surface area contributed by atoms with Gasteiger partial charge in [0.2, 0.25) is 0 Å². The van der Waals surface area contributed by atoms with Gasteiger partial charge in [-0.1, -0.05) is 0 Å². The van der Waals surface area contributed by atoms with Crippen LogP contribution in [0.5, 0.6) is 0 Å². The zero-order valence-corrected chi connectivity index (χ0v) is 19.5. The summed E-state index contributed by atoms with van der Waals surface area (Å²) in [6, 6.07) is 0. The molecule has 0 saturated carbocycles. The number of imidazole rings is 1. The first kappa shape index (κ1) is 20.7. The summed E-state index contributed by atoms with van der Waals surface area (Å²) in [7, 11) is 0. The van der Waals surface area contributed by atoms with E-state index in [0.717, 1.165) is 4.83 Å². The number of thiazole rings is 1. The molecule has 4 nitrogen and oxygen atoms in total. The molecule has 0 aromatic carbocycles. The van der Waals surface area contributed by atoms with Crippen LogP contribution in [0.2, 0.25) is 3.43 Å². The Morgan fingerprint density at radius 1 is 1.16 bits per heavy atom. The predicted molar refractivity (Wildman–Crippen MR) is 108 cm³/mol. The molecule has 0 spiro atoms. The number of hydrogen-bond acceptors (Lipinski definition) is 3. The van der Waals surface area contributed by atoms with Crippen LogP contribution in [-0.4, -0.2) is 36.4 Å². The molecule has 2 aromatic rings. The van der Waals surface area contributed by atoms with Crippen molar-refractivity contribution < 1.29 is 4.79 Å². The Kier molecular flexibility index (Phi) is 8.26. The fraction of sp³-hybridized carbons (Fsp3) is 0.684. The minimum atomic E-state index is -0.821. The van der Waals surface area contributed by atoms with Crippen molar-refractivity contribution in [3.63, 3.8) is 0 Å². The zero-order valence-electron chi connectivity index (χ0n) is 15.8. The number of nitrogens with zero attached hydrogens (tertiary/aromatic N) is 2. The molecule has 138 valence electrons. The third-order valence-corrected chi connectivity index (χ3v) is 12.0. The maximum absolute atomic E-state index is 11.6. The van der Waals surface area contributed by atoms with Crippen molar-refractivity contribution in [3.05, 3.63) is 17.4 Å². The number of carbonyl (C=O) groups excluding carboxylic acids is 1. The minimum absolute atomic E-state index is 0.421. The maximum atomic E-state index is 11.6. The van der Waals surface area contributed by atoms with Crippen LogP contribution in [0.25, 0.3) is 4.83 Å². The Morgan fingerprint density at radius 3 is 2.20 bits per heavy atom. The summed E-state index contributed by atoms with van der Waals surface area (Å²) in [6.07, 6.45) is 13.7. The molecule has 1 amide bonds. The Balaban J connectivity index is 2.31. The second-order valence-corrected chi connectivity index (χ2v) is 13.0. The molecule has 0 aliphatic heterocycles. The van der Waals surface area contributed by atoms with Crippen molar-refractivity contribution in [1.82, 2.24) is 9.38 Å². The van der Waals surface area contributed by atoms with Gasteiger partial charge in [0, 0.05) is 0 Å². The number of nitrogens with two attached hydrogens (primary N) is 1. The van der Waals surface area contributed by atoms with Crippen molar-refractivity contribution >= 4 is 46.9 Å². The third-order valence-electron chi connectivity index (χ3n) is 4.92. The number of aromatic nitrogens is 2. The standard InChI is InChI=1S/C13H27.C6H4N3OS.Sn/c1-4-7-10-13(11-8-5-2)12-9-6-3;7-5(10)4-6-9(3-8-4)1-2-11-6;/h4-12H2,1-3H3;2-3H,(H2,7,10);. The van der Waals surface area contributed by atoms with Gasteiger partial charge in [0.1, 0.15) is 0 Å². The molecule has 0 saturated heterocycles. The fourth-order valence-corrected chi connectivity index (χ4v) is 10.6. The number of primary amides is 1. The van der Waals surface area contributed by atoms with Gasteiger partial charge in [-0.3, -0.25) is 0 Å². The quantitative estimate of drug-likeness (QED) is 0.465. The van der Waals surface area contributed by atoms with E-state index in [1.165, 1.54) is 61.5 Å². The van der Waals surface area contributed by atoms with E-state index in [9.17, 15) is 4.79 Å². The SMILES string of the molecule is CCCC[C](CCCC)(CCCC)[Sn][c]1csc2c(C(N)=O)ncn12. The summed E-state index contributed by atoms with van der Waals surface area (Å²) < 4.78 is 4.15. The summed E-state index contributed by atoms with van der Waals surface area (Å²) in [5, 5.41) is 2.27. The average Bonchev–Trinajstić information content (AvgIpc) is 3.19. The zero-order chi connectivity index (χ0) is 18.3. The van der Waals surface area contributed by atoms with Crippen LogP contribution in [0.15, 0.2) is 11.7 Å². The molecule has 25 heavy (non-hydrogen) atoms. The molecule has 0 aliphatic carbocycles. The van der Waals surface area contributed by atoms with Crippen molar-refractivity contribution in [2.75, 3.05) is 0 Å². The first-order valence-electron chi connectivity index (χ1n) is 9.59. The number of unbranched alkanes of at least 4 members (excludes halogenated alkanes) is 3. The molecular weight excluding hydrogens is 437 g/mol. The summed E-state index contributed by atoms with van der Waals surface area (Å²) >= 11 is 0.809. The molecule has 0 atom stereocenters. The first-order chi connectivity index (χ1) is 12.1. The predicted octanol–water partition coefficient (Wildman–Crippen LogP) is 4.55. The van der Waals surface area contributed by atoms with E-state index in [2.05, 4.69) is 35.5 Å². The Hall–Kier alpha value is -0.561. The number of hydrogen-bond donors (Lipinski definition) is 1. The molecule has 0 aliphatic rings. The van der Waals surface area contributed by atoms with Gasteiger partial charge >= 0.3 is 166 Å². The Bertz CT molecular complexity index is 658. The van der Waals surface area contributed by atoms with Gasteiger partial charge in [-0.15, -0.1) is 0 Å². The second kappa shape index (κ2) is 9.95.